The molecule has 3 rings (SSSR count). The number of aliphatic hydroxyl groups excluding tert-OH is 1. The van der Waals surface area contributed by atoms with Gasteiger partial charge in [-0.15, -0.1) is 0 Å². The van der Waals surface area contributed by atoms with Crippen molar-refractivity contribution in [1.82, 2.24) is 15.5 Å². The number of nitrogens with zero attached hydrogens (tertiary/aromatic N) is 1. The monoisotopic (exact) mass is 493 g/mol. The summed E-state index contributed by atoms with van der Waals surface area (Å²) in [4.78, 5) is 53.4. The van der Waals surface area contributed by atoms with Gasteiger partial charge in [-0.2, -0.15) is 0 Å². The van der Waals surface area contributed by atoms with E-state index in [0.29, 0.717) is 19.3 Å². The van der Waals surface area contributed by atoms with E-state index in [4.69, 9.17) is 9.47 Å². The molecule has 2 aliphatic heterocycles. The predicted octanol–water partition coefficient (Wildman–Crippen LogP) is 1.80. The van der Waals surface area contributed by atoms with Crippen molar-refractivity contribution in [2.24, 2.45) is 5.92 Å². The van der Waals surface area contributed by atoms with Gasteiger partial charge >= 0.3 is 12.1 Å². The Bertz CT molecular complexity index is 852. The van der Waals surface area contributed by atoms with Crippen LogP contribution in [0.4, 0.5) is 4.79 Å². The molecule has 196 valence electrons. The van der Waals surface area contributed by atoms with E-state index in [1.165, 1.54) is 4.90 Å². The second-order valence-corrected chi connectivity index (χ2v) is 10.7. The fraction of sp³-hybridized carbons (Fsp3) is 0.760. The van der Waals surface area contributed by atoms with Gasteiger partial charge in [0.1, 0.15) is 23.2 Å². The summed E-state index contributed by atoms with van der Waals surface area (Å²) in [6.07, 6.45) is 6.49. The summed E-state index contributed by atoms with van der Waals surface area (Å²) < 4.78 is 10.6. The number of carbonyl (C=O) groups is 4. The first-order valence-electron chi connectivity index (χ1n) is 12.6. The summed E-state index contributed by atoms with van der Waals surface area (Å²) in [7, 11) is 0. The third-order valence-electron chi connectivity index (χ3n) is 6.59. The highest BCUT2D eigenvalue weighted by Gasteiger charge is 2.62. The quantitative estimate of drug-likeness (QED) is 0.403. The van der Waals surface area contributed by atoms with Crippen LogP contribution in [0, 0.1) is 5.92 Å². The van der Waals surface area contributed by atoms with Gasteiger partial charge in [0.05, 0.1) is 12.7 Å². The van der Waals surface area contributed by atoms with Gasteiger partial charge in [0, 0.05) is 18.9 Å². The van der Waals surface area contributed by atoms with Crippen molar-refractivity contribution in [3.05, 3.63) is 12.2 Å². The van der Waals surface area contributed by atoms with E-state index in [2.05, 4.69) is 10.6 Å². The van der Waals surface area contributed by atoms with Crippen LogP contribution < -0.4 is 10.6 Å². The van der Waals surface area contributed by atoms with Gasteiger partial charge < -0.3 is 30.1 Å². The maximum Gasteiger partial charge on any atom is 0.408 e. The number of fused-ring (bicyclic) bond motifs is 2. The maximum absolute atomic E-state index is 13.5. The highest BCUT2D eigenvalue weighted by atomic mass is 16.6. The fourth-order valence-electron chi connectivity index (χ4n) is 4.77. The van der Waals surface area contributed by atoms with Crippen molar-refractivity contribution in [2.45, 2.75) is 102 Å². The Hall–Kier alpha value is -2.62. The molecule has 2 fully saturated rings. The predicted molar refractivity (Wildman–Crippen MR) is 127 cm³/mol. The van der Waals surface area contributed by atoms with Gasteiger partial charge in [-0.3, -0.25) is 9.59 Å². The Morgan fingerprint density at radius 1 is 1.26 bits per heavy atom. The van der Waals surface area contributed by atoms with Crippen LogP contribution in [0.1, 0.15) is 72.6 Å². The Balaban J connectivity index is 1.84. The van der Waals surface area contributed by atoms with Crippen molar-refractivity contribution < 1.29 is 33.8 Å². The number of alkyl carbamates (subject to hydrolysis) is 1. The van der Waals surface area contributed by atoms with Gasteiger partial charge in [0.15, 0.2) is 0 Å². The normalized spacial score (nSPS) is 32.8. The van der Waals surface area contributed by atoms with Crippen molar-refractivity contribution in [3.8, 4) is 0 Å². The molecule has 35 heavy (non-hydrogen) atoms. The first-order chi connectivity index (χ1) is 16.5. The van der Waals surface area contributed by atoms with Gasteiger partial charge in [-0.05, 0) is 53.4 Å². The zero-order valence-electron chi connectivity index (χ0n) is 21.2. The summed E-state index contributed by atoms with van der Waals surface area (Å²) in [6.45, 7) is 7.08. The van der Waals surface area contributed by atoms with Gasteiger partial charge in [-0.1, -0.05) is 25.0 Å². The van der Waals surface area contributed by atoms with Crippen molar-refractivity contribution in [3.63, 3.8) is 0 Å². The third-order valence-corrected chi connectivity index (χ3v) is 6.59. The molecule has 2 heterocycles. The van der Waals surface area contributed by atoms with Crippen LogP contribution in [0.15, 0.2) is 12.2 Å². The Morgan fingerprint density at radius 3 is 2.69 bits per heavy atom. The molecule has 0 aromatic rings. The number of carbonyl (C=O) groups excluding carboxylic acids is 4. The lowest BCUT2D eigenvalue weighted by atomic mass is 10.0. The first-order valence-corrected chi connectivity index (χ1v) is 12.6. The number of nitrogens with one attached hydrogen (secondary N) is 2. The molecule has 1 unspecified atom stereocenters. The van der Waals surface area contributed by atoms with E-state index < -0.39 is 53.2 Å². The van der Waals surface area contributed by atoms with E-state index in [-0.39, 0.29) is 25.5 Å². The SMILES string of the molecule is CCOC(=O)[C@@]12CC1/C=C\CCCCC[C@@H](NC(=O)OC(C)(C)C)C(=O)N1C[C@@H](O)C[C@H]1C(=O)N2. The molecule has 1 saturated heterocycles. The molecule has 0 aromatic carbocycles. The van der Waals surface area contributed by atoms with Crippen LogP contribution >= 0.6 is 0 Å². The van der Waals surface area contributed by atoms with E-state index in [0.717, 1.165) is 19.3 Å². The van der Waals surface area contributed by atoms with Crippen LogP contribution in [0.3, 0.4) is 0 Å². The maximum atomic E-state index is 13.5. The van der Waals surface area contributed by atoms with Crippen molar-refractivity contribution >= 4 is 23.9 Å². The highest BCUT2D eigenvalue weighted by molar-refractivity contribution is 5.96. The molecule has 3 aliphatic rings. The number of hydrogen-bond acceptors (Lipinski definition) is 7. The van der Waals surface area contributed by atoms with E-state index >= 15 is 0 Å². The van der Waals surface area contributed by atoms with E-state index in [1.54, 1.807) is 27.7 Å². The second kappa shape index (κ2) is 11.0. The number of amides is 3. The molecule has 0 radical (unpaired) electrons. The van der Waals surface area contributed by atoms with Crippen LogP contribution in [-0.2, 0) is 23.9 Å². The Kier molecular flexibility index (Phi) is 8.46. The fourth-order valence-corrected chi connectivity index (χ4v) is 4.77. The van der Waals surface area contributed by atoms with E-state index in [9.17, 15) is 24.3 Å². The molecule has 1 aliphatic carbocycles. The lowest BCUT2D eigenvalue weighted by molar-refractivity contribution is -0.150. The molecular weight excluding hydrogens is 454 g/mol. The van der Waals surface area contributed by atoms with Crippen LogP contribution in [0.5, 0.6) is 0 Å². The Labute approximate surface area is 206 Å². The zero-order chi connectivity index (χ0) is 25.8. The molecule has 10 nitrogen and oxygen atoms in total. The summed E-state index contributed by atoms with van der Waals surface area (Å²) in [5.41, 5.74) is -1.88. The third kappa shape index (κ3) is 6.74. The number of rotatable bonds is 3. The molecule has 3 amide bonds. The molecule has 0 aromatic heterocycles. The summed E-state index contributed by atoms with van der Waals surface area (Å²) in [5.74, 6) is -1.62. The molecule has 1 saturated carbocycles. The number of ether oxygens (including phenoxy) is 2. The Morgan fingerprint density at radius 2 is 2.00 bits per heavy atom. The smallest absolute Gasteiger partial charge is 0.408 e. The standard InChI is InChI=1S/C25H39N3O7/c1-5-34-22(32)25-14-16(25)11-9-7-6-8-10-12-18(26-23(33)35-24(2,3)4)21(31)28-15-17(29)13-19(28)20(30)27-25/h9,11,16-19,29H,5-8,10,12-15H2,1-4H3,(H,26,33)(H,27,30)/b11-9-/t16?,17-,18+,19-,25+/m0/s1. The van der Waals surface area contributed by atoms with Crippen molar-refractivity contribution in [2.75, 3.05) is 13.2 Å². The minimum absolute atomic E-state index is 0.0286. The molecule has 0 spiro atoms. The van der Waals surface area contributed by atoms with Crippen LogP contribution in [0.25, 0.3) is 0 Å². The molecule has 5 atom stereocenters. The minimum atomic E-state index is -1.15. The lowest BCUT2D eigenvalue weighted by Crippen LogP contribution is -2.56. The topological polar surface area (TPSA) is 134 Å². The van der Waals surface area contributed by atoms with Gasteiger partial charge in [0.25, 0.3) is 0 Å². The first kappa shape index (κ1) is 27.0. The molecular formula is C25H39N3O7. The average Bonchev–Trinajstić information content (AvgIpc) is 3.30. The number of hydrogen-bond donors (Lipinski definition) is 3. The average molecular weight is 494 g/mol. The number of esters is 1. The van der Waals surface area contributed by atoms with Gasteiger partial charge in [-0.25, -0.2) is 9.59 Å². The summed E-state index contributed by atoms with van der Waals surface area (Å²) in [5, 5.41) is 15.8. The summed E-state index contributed by atoms with van der Waals surface area (Å²) in [6, 6.07) is -1.85. The minimum Gasteiger partial charge on any atom is -0.464 e. The van der Waals surface area contributed by atoms with Crippen LogP contribution in [-0.4, -0.2) is 76.4 Å². The summed E-state index contributed by atoms with van der Waals surface area (Å²) >= 11 is 0. The molecule has 3 N–H and O–H groups in total. The lowest BCUT2D eigenvalue weighted by Gasteiger charge is -2.30. The largest absolute Gasteiger partial charge is 0.464 e. The number of allylic oxidation sites excluding steroid dienone is 1. The number of aliphatic hydroxyl groups is 1. The highest BCUT2D eigenvalue weighted by Crippen LogP contribution is 2.46. The molecule has 10 heteroatoms. The zero-order valence-corrected chi connectivity index (χ0v) is 21.2. The van der Waals surface area contributed by atoms with E-state index in [1.807, 2.05) is 12.2 Å². The molecule has 0 bridgehead atoms. The van der Waals surface area contributed by atoms with Gasteiger partial charge in [0.2, 0.25) is 11.8 Å². The van der Waals surface area contributed by atoms with Crippen LogP contribution in [0.2, 0.25) is 0 Å². The van der Waals surface area contributed by atoms with Crippen molar-refractivity contribution in [1.29, 1.82) is 0 Å². The second-order valence-electron chi connectivity index (χ2n) is 10.7.